The summed E-state index contributed by atoms with van der Waals surface area (Å²) in [4.78, 5) is 6.77. The molecule has 0 spiro atoms. The van der Waals surface area contributed by atoms with Crippen molar-refractivity contribution in [3.63, 3.8) is 0 Å². The molecule has 3 N–H and O–H groups in total. The minimum atomic E-state index is 0.637. The number of benzene rings is 1. The molecule has 1 aliphatic rings. The van der Waals surface area contributed by atoms with E-state index in [4.69, 9.17) is 17.3 Å². The second kappa shape index (κ2) is 5.81. The summed E-state index contributed by atoms with van der Waals surface area (Å²) in [5, 5.41) is 8.00. The van der Waals surface area contributed by atoms with E-state index in [0.717, 1.165) is 49.8 Å². The predicted molar refractivity (Wildman–Crippen MR) is 80.8 cm³/mol. The van der Waals surface area contributed by atoms with Crippen molar-refractivity contribution < 1.29 is 0 Å². The van der Waals surface area contributed by atoms with Crippen LogP contribution in [-0.4, -0.2) is 34.8 Å². The highest BCUT2D eigenvalue weighted by atomic mass is 35.5. The van der Waals surface area contributed by atoms with Gasteiger partial charge >= 0.3 is 0 Å². The first-order valence-corrected chi connectivity index (χ1v) is 7.27. The predicted octanol–water partition coefficient (Wildman–Crippen LogP) is 2.30. The Bertz CT molecular complexity index is 574. The van der Waals surface area contributed by atoms with Gasteiger partial charge in [-0.05, 0) is 37.4 Å². The molecule has 5 nitrogen and oxygen atoms in total. The molecule has 0 amide bonds. The van der Waals surface area contributed by atoms with E-state index in [9.17, 15) is 0 Å². The van der Waals surface area contributed by atoms with Crippen molar-refractivity contribution in [2.45, 2.75) is 12.8 Å². The Morgan fingerprint density at radius 1 is 1.35 bits per heavy atom. The zero-order chi connectivity index (χ0) is 13.9. The number of hydrogen-bond donors (Lipinski definition) is 2. The topological polar surface area (TPSA) is 70.8 Å². The van der Waals surface area contributed by atoms with Crippen molar-refractivity contribution in [3.05, 3.63) is 29.3 Å². The minimum Gasteiger partial charge on any atom is -0.340 e. The van der Waals surface area contributed by atoms with Gasteiger partial charge in [0.15, 0.2) is 5.82 Å². The second-order valence-corrected chi connectivity index (χ2v) is 5.60. The molecule has 0 saturated carbocycles. The Kier molecular flexibility index (Phi) is 3.89. The molecule has 2 aromatic rings. The number of H-pyrrole nitrogens is 1. The molecule has 6 heteroatoms. The minimum absolute atomic E-state index is 0.637. The van der Waals surface area contributed by atoms with Crippen molar-refractivity contribution in [1.82, 2.24) is 15.2 Å². The number of aromatic nitrogens is 3. The van der Waals surface area contributed by atoms with E-state index in [0.29, 0.717) is 10.9 Å². The smallest absolute Gasteiger partial charge is 0.245 e. The largest absolute Gasteiger partial charge is 0.340 e. The fourth-order valence-electron chi connectivity index (χ4n) is 2.53. The number of piperidine rings is 1. The van der Waals surface area contributed by atoms with E-state index in [1.807, 2.05) is 24.3 Å². The van der Waals surface area contributed by atoms with Crippen molar-refractivity contribution in [1.29, 1.82) is 0 Å². The summed E-state index contributed by atoms with van der Waals surface area (Å²) in [6.45, 7) is 2.71. The zero-order valence-electron chi connectivity index (χ0n) is 11.2. The number of hydrogen-bond acceptors (Lipinski definition) is 4. The normalized spacial score (nSPS) is 16.6. The van der Waals surface area contributed by atoms with E-state index >= 15 is 0 Å². The highest BCUT2D eigenvalue weighted by Gasteiger charge is 2.21. The van der Waals surface area contributed by atoms with Gasteiger partial charge in [0, 0.05) is 23.7 Å². The van der Waals surface area contributed by atoms with Crippen molar-refractivity contribution in [2.24, 2.45) is 11.7 Å². The number of aromatic amines is 1. The van der Waals surface area contributed by atoms with Crippen LogP contribution in [0.2, 0.25) is 5.02 Å². The van der Waals surface area contributed by atoms with E-state index < -0.39 is 0 Å². The maximum atomic E-state index is 6.00. The number of rotatable bonds is 3. The van der Waals surface area contributed by atoms with E-state index in [1.165, 1.54) is 0 Å². The molecule has 0 aliphatic carbocycles. The molecule has 0 radical (unpaired) electrons. The molecular weight excluding hydrogens is 274 g/mol. The first-order valence-electron chi connectivity index (χ1n) is 6.89. The summed E-state index contributed by atoms with van der Waals surface area (Å²) >= 11 is 6.00. The van der Waals surface area contributed by atoms with Crippen LogP contribution in [0.3, 0.4) is 0 Å². The molecule has 106 valence electrons. The van der Waals surface area contributed by atoms with Crippen LogP contribution in [0.4, 0.5) is 5.95 Å². The molecular formula is C14H18ClN5. The lowest BCUT2D eigenvalue weighted by molar-refractivity contribution is 0.411. The number of nitrogens with one attached hydrogen (secondary N) is 1. The maximum Gasteiger partial charge on any atom is 0.245 e. The Labute approximate surface area is 123 Å². The highest BCUT2D eigenvalue weighted by molar-refractivity contribution is 6.30. The number of nitrogens with zero attached hydrogens (tertiary/aromatic N) is 3. The van der Waals surface area contributed by atoms with Crippen molar-refractivity contribution >= 4 is 17.5 Å². The Hall–Kier alpha value is -1.59. The van der Waals surface area contributed by atoms with Crippen LogP contribution >= 0.6 is 11.6 Å². The summed E-state index contributed by atoms with van der Waals surface area (Å²) in [6, 6.07) is 7.61. The Morgan fingerprint density at radius 3 is 2.85 bits per heavy atom. The number of nitrogens with two attached hydrogens (primary N) is 1. The fraction of sp³-hybridized carbons (Fsp3) is 0.429. The Balaban J connectivity index is 1.74. The first-order chi connectivity index (χ1) is 9.76. The van der Waals surface area contributed by atoms with Gasteiger partial charge in [0.05, 0.1) is 0 Å². The second-order valence-electron chi connectivity index (χ2n) is 5.16. The van der Waals surface area contributed by atoms with Crippen LogP contribution in [-0.2, 0) is 0 Å². The first kappa shape index (κ1) is 13.4. The highest BCUT2D eigenvalue weighted by Crippen LogP contribution is 2.23. The van der Waals surface area contributed by atoms with Crippen LogP contribution in [0.15, 0.2) is 24.3 Å². The third-order valence-corrected chi connectivity index (χ3v) is 4.04. The molecule has 20 heavy (non-hydrogen) atoms. The van der Waals surface area contributed by atoms with E-state index in [1.54, 1.807) is 0 Å². The summed E-state index contributed by atoms with van der Waals surface area (Å²) < 4.78 is 0. The molecule has 1 aliphatic heterocycles. The van der Waals surface area contributed by atoms with Gasteiger partial charge in [0.2, 0.25) is 5.95 Å². The van der Waals surface area contributed by atoms with Gasteiger partial charge in [0.1, 0.15) is 0 Å². The standard InChI is InChI=1S/C14H18ClN5/c15-12-3-1-2-11(8-12)13-17-14(19-18-13)20-6-4-10(9-16)5-7-20/h1-3,8,10H,4-7,9,16H2,(H,17,18,19). The van der Waals surface area contributed by atoms with Gasteiger partial charge in [-0.25, -0.2) is 0 Å². The molecule has 1 aromatic heterocycles. The summed E-state index contributed by atoms with van der Waals surface area (Å²) in [5.74, 6) is 2.15. The molecule has 0 atom stereocenters. The molecule has 2 heterocycles. The zero-order valence-corrected chi connectivity index (χ0v) is 12.0. The lowest BCUT2D eigenvalue weighted by Crippen LogP contribution is -2.36. The monoisotopic (exact) mass is 291 g/mol. The van der Waals surface area contributed by atoms with Crippen LogP contribution in [0, 0.1) is 5.92 Å². The average molecular weight is 292 g/mol. The fourth-order valence-corrected chi connectivity index (χ4v) is 2.72. The lowest BCUT2D eigenvalue weighted by atomic mass is 9.97. The molecule has 0 bridgehead atoms. The third-order valence-electron chi connectivity index (χ3n) is 3.80. The lowest BCUT2D eigenvalue weighted by Gasteiger charge is -2.30. The van der Waals surface area contributed by atoms with E-state index in [-0.39, 0.29) is 0 Å². The number of halogens is 1. The summed E-state index contributed by atoms with van der Waals surface area (Å²) in [6.07, 6.45) is 2.22. The van der Waals surface area contributed by atoms with Gasteiger partial charge < -0.3 is 10.6 Å². The van der Waals surface area contributed by atoms with Gasteiger partial charge in [-0.1, -0.05) is 23.7 Å². The molecule has 3 rings (SSSR count). The molecule has 0 unspecified atom stereocenters. The molecule has 1 fully saturated rings. The summed E-state index contributed by atoms with van der Waals surface area (Å²) in [5.41, 5.74) is 6.67. The molecule has 1 saturated heterocycles. The summed E-state index contributed by atoms with van der Waals surface area (Å²) in [7, 11) is 0. The van der Waals surface area contributed by atoms with Gasteiger partial charge in [-0.2, -0.15) is 4.98 Å². The average Bonchev–Trinajstić information content (AvgIpc) is 2.97. The van der Waals surface area contributed by atoms with Crippen LogP contribution in [0.25, 0.3) is 11.4 Å². The quantitative estimate of drug-likeness (QED) is 0.910. The SMILES string of the molecule is NCC1CCN(c2n[nH]c(-c3cccc(Cl)c3)n2)CC1. The third kappa shape index (κ3) is 2.78. The van der Waals surface area contributed by atoms with Gasteiger partial charge in [0.25, 0.3) is 0 Å². The van der Waals surface area contributed by atoms with Crippen molar-refractivity contribution in [2.75, 3.05) is 24.5 Å². The molecule has 1 aromatic carbocycles. The van der Waals surface area contributed by atoms with Crippen LogP contribution in [0.1, 0.15) is 12.8 Å². The van der Waals surface area contributed by atoms with Gasteiger partial charge in [-0.3, -0.25) is 5.10 Å². The van der Waals surface area contributed by atoms with Gasteiger partial charge in [-0.15, -0.1) is 5.10 Å². The van der Waals surface area contributed by atoms with Crippen LogP contribution in [0.5, 0.6) is 0 Å². The Morgan fingerprint density at radius 2 is 2.15 bits per heavy atom. The van der Waals surface area contributed by atoms with Crippen molar-refractivity contribution in [3.8, 4) is 11.4 Å². The number of anilines is 1. The van der Waals surface area contributed by atoms with E-state index in [2.05, 4.69) is 20.1 Å². The van der Waals surface area contributed by atoms with Crippen LogP contribution < -0.4 is 10.6 Å². The maximum absolute atomic E-state index is 6.00.